The maximum atomic E-state index is 11.9. The number of benzene rings is 1. The summed E-state index contributed by atoms with van der Waals surface area (Å²) in [5.41, 5.74) is 1.81. The number of piperidine rings is 1. The van der Waals surface area contributed by atoms with Gasteiger partial charge in [-0.3, -0.25) is 5.10 Å². The largest absolute Gasteiger partial charge is 0.383 e. The van der Waals surface area contributed by atoms with Crippen molar-refractivity contribution in [3.8, 4) is 0 Å². The second-order valence-corrected chi connectivity index (χ2v) is 10.1. The monoisotopic (exact) mass is 471 g/mol. The molecule has 0 aliphatic carbocycles. The standard InChI is InChI=1S/C22H29N7O3S/c1-12-7-20(29-28-12)26-21-15-5-3-4-6-17(15)25-22(27-21)24-14-8-13-9-16(18(10-14)23-13)19(11-32-2)33(30)31/h3-7,13-14,16,18-19,23H,8-11H2,1-2H3,(H,30,31)(H3,24,25,26,27,28,29)/t13-,14+,16?,18+,19?/m1/s1. The third-order valence-corrected chi connectivity index (χ3v) is 7.59. The van der Waals surface area contributed by atoms with Crippen LogP contribution < -0.4 is 16.0 Å². The van der Waals surface area contributed by atoms with Crippen molar-refractivity contribution in [3.05, 3.63) is 36.0 Å². The molecule has 3 unspecified atom stereocenters. The Morgan fingerprint density at radius 1 is 1.27 bits per heavy atom. The number of rotatable bonds is 8. The van der Waals surface area contributed by atoms with Gasteiger partial charge in [-0.2, -0.15) is 10.1 Å². The first-order valence-corrected chi connectivity index (χ1v) is 12.3. The van der Waals surface area contributed by atoms with Crippen LogP contribution in [0.5, 0.6) is 0 Å². The summed E-state index contributed by atoms with van der Waals surface area (Å²) in [7, 11) is 1.58. The van der Waals surface area contributed by atoms with E-state index in [4.69, 9.17) is 14.7 Å². The number of nitrogens with one attached hydrogen (secondary N) is 4. The van der Waals surface area contributed by atoms with Crippen molar-refractivity contribution in [1.82, 2.24) is 25.5 Å². The van der Waals surface area contributed by atoms with E-state index < -0.39 is 11.1 Å². The fraction of sp³-hybridized carbons (Fsp3) is 0.500. The molecule has 5 rings (SSSR count). The molecular formula is C22H29N7O3S. The van der Waals surface area contributed by atoms with Gasteiger partial charge in [0.2, 0.25) is 5.95 Å². The quantitative estimate of drug-likeness (QED) is 0.314. The van der Waals surface area contributed by atoms with Crippen LogP contribution in [0, 0.1) is 12.8 Å². The first kappa shape index (κ1) is 22.2. The van der Waals surface area contributed by atoms with Crippen molar-refractivity contribution in [2.75, 3.05) is 24.4 Å². The Morgan fingerprint density at radius 3 is 2.88 bits per heavy atom. The van der Waals surface area contributed by atoms with Gasteiger partial charge in [0.1, 0.15) is 5.82 Å². The summed E-state index contributed by atoms with van der Waals surface area (Å²) in [5, 5.41) is 18.2. The van der Waals surface area contributed by atoms with E-state index in [1.807, 2.05) is 37.3 Å². The van der Waals surface area contributed by atoms with Crippen LogP contribution in [-0.2, 0) is 15.8 Å². The fourth-order valence-electron chi connectivity index (χ4n) is 5.19. The lowest BCUT2D eigenvalue weighted by atomic mass is 9.93. The van der Waals surface area contributed by atoms with E-state index in [2.05, 4.69) is 26.1 Å². The zero-order valence-electron chi connectivity index (χ0n) is 18.6. The van der Waals surface area contributed by atoms with Gasteiger partial charge >= 0.3 is 0 Å². The van der Waals surface area contributed by atoms with Gasteiger partial charge in [0.15, 0.2) is 16.9 Å². The summed E-state index contributed by atoms with van der Waals surface area (Å²) in [6.45, 7) is 2.23. The number of anilines is 3. The van der Waals surface area contributed by atoms with Gasteiger partial charge in [-0.1, -0.05) is 12.1 Å². The van der Waals surface area contributed by atoms with Gasteiger partial charge in [-0.25, -0.2) is 9.19 Å². The minimum atomic E-state index is -1.92. The van der Waals surface area contributed by atoms with Crippen LogP contribution in [0.4, 0.5) is 17.6 Å². The number of fused-ring (bicyclic) bond motifs is 3. The minimum absolute atomic E-state index is 0.102. The number of aromatic amines is 1. The number of nitrogens with zero attached hydrogens (tertiary/aromatic N) is 3. The molecule has 3 aromatic rings. The predicted octanol–water partition coefficient (Wildman–Crippen LogP) is 2.56. The molecule has 5 N–H and O–H groups in total. The van der Waals surface area contributed by atoms with E-state index in [-0.39, 0.29) is 29.9 Å². The smallest absolute Gasteiger partial charge is 0.225 e. The normalized spacial score (nSPS) is 26.3. The topological polar surface area (TPSA) is 137 Å². The van der Waals surface area contributed by atoms with Gasteiger partial charge in [0.25, 0.3) is 0 Å². The molecule has 0 saturated carbocycles. The number of para-hydroxylation sites is 1. The van der Waals surface area contributed by atoms with E-state index in [0.29, 0.717) is 23.6 Å². The SMILES string of the molecule is COCC(C1C[C@H]2C[C@H](Nc3nc(Nc4cc(C)[nH]n4)c4ccccc4n3)C[C@@H]1N2)S(=O)O. The van der Waals surface area contributed by atoms with Crippen LogP contribution in [0.2, 0.25) is 0 Å². The molecule has 0 radical (unpaired) electrons. The highest BCUT2D eigenvalue weighted by Gasteiger charge is 2.45. The number of ether oxygens (including phenoxy) is 1. The molecule has 2 bridgehead atoms. The highest BCUT2D eigenvalue weighted by Crippen LogP contribution is 2.36. The van der Waals surface area contributed by atoms with E-state index in [1.165, 1.54) is 0 Å². The zero-order chi connectivity index (χ0) is 22.9. The van der Waals surface area contributed by atoms with Gasteiger partial charge in [0, 0.05) is 42.4 Å². The number of aromatic nitrogens is 4. The number of hydrogen-bond donors (Lipinski definition) is 5. The maximum Gasteiger partial charge on any atom is 0.225 e. The van der Waals surface area contributed by atoms with Crippen LogP contribution in [0.15, 0.2) is 30.3 Å². The minimum Gasteiger partial charge on any atom is -0.383 e. The molecule has 33 heavy (non-hydrogen) atoms. The van der Waals surface area contributed by atoms with Crippen LogP contribution >= 0.6 is 0 Å². The summed E-state index contributed by atoms with van der Waals surface area (Å²) in [6.07, 6.45) is 2.60. The Morgan fingerprint density at radius 2 is 2.12 bits per heavy atom. The highest BCUT2D eigenvalue weighted by atomic mass is 32.2. The molecule has 176 valence electrons. The maximum absolute atomic E-state index is 11.9. The second-order valence-electron chi connectivity index (χ2n) is 8.93. The molecule has 2 aliphatic rings. The Bertz CT molecular complexity index is 1160. The van der Waals surface area contributed by atoms with Gasteiger partial charge in [-0.15, -0.1) is 0 Å². The predicted molar refractivity (Wildman–Crippen MR) is 128 cm³/mol. The highest BCUT2D eigenvalue weighted by molar-refractivity contribution is 7.79. The van der Waals surface area contributed by atoms with Crippen molar-refractivity contribution in [2.45, 2.75) is 49.6 Å². The molecule has 2 aliphatic heterocycles. The summed E-state index contributed by atoms with van der Waals surface area (Å²) in [6, 6.07) is 10.4. The summed E-state index contributed by atoms with van der Waals surface area (Å²) in [4.78, 5) is 9.51. The first-order valence-electron chi connectivity index (χ1n) is 11.2. The molecule has 2 fully saturated rings. The molecule has 6 atom stereocenters. The molecule has 1 aromatic carbocycles. The average Bonchev–Trinajstić information content (AvgIpc) is 3.33. The molecule has 10 nitrogen and oxygen atoms in total. The Hall–Kier alpha value is -2.60. The van der Waals surface area contributed by atoms with E-state index >= 15 is 0 Å². The molecule has 0 amide bonds. The number of methoxy groups -OCH3 is 1. The van der Waals surface area contributed by atoms with E-state index in [9.17, 15) is 8.76 Å². The van der Waals surface area contributed by atoms with Crippen molar-refractivity contribution >= 4 is 39.6 Å². The number of aryl methyl sites for hydroxylation is 1. The Balaban J connectivity index is 1.36. The second kappa shape index (κ2) is 9.34. The zero-order valence-corrected chi connectivity index (χ0v) is 19.4. The van der Waals surface area contributed by atoms with Gasteiger partial charge in [0.05, 0.1) is 17.4 Å². The van der Waals surface area contributed by atoms with Crippen molar-refractivity contribution in [1.29, 1.82) is 0 Å². The molecule has 11 heteroatoms. The van der Waals surface area contributed by atoms with Gasteiger partial charge in [-0.05, 0) is 44.2 Å². The third kappa shape index (κ3) is 4.72. The van der Waals surface area contributed by atoms with Crippen LogP contribution in [0.25, 0.3) is 10.9 Å². The molecule has 4 heterocycles. The van der Waals surface area contributed by atoms with Crippen LogP contribution in [0.1, 0.15) is 25.0 Å². The number of hydrogen-bond acceptors (Lipinski definition) is 8. The van der Waals surface area contributed by atoms with E-state index in [0.717, 1.165) is 35.9 Å². The molecule has 2 aromatic heterocycles. The third-order valence-electron chi connectivity index (χ3n) is 6.59. The van der Waals surface area contributed by atoms with Crippen LogP contribution in [-0.4, -0.2) is 66.0 Å². The van der Waals surface area contributed by atoms with Crippen molar-refractivity contribution in [2.24, 2.45) is 5.92 Å². The average molecular weight is 472 g/mol. The lowest BCUT2D eigenvalue weighted by Crippen LogP contribution is -2.46. The summed E-state index contributed by atoms with van der Waals surface area (Å²) in [5.74, 6) is 2.06. The fourth-order valence-corrected chi connectivity index (χ4v) is 6.04. The Labute approximate surface area is 194 Å². The summed E-state index contributed by atoms with van der Waals surface area (Å²) < 4.78 is 26.9. The van der Waals surface area contributed by atoms with E-state index in [1.54, 1.807) is 7.11 Å². The molecular weight excluding hydrogens is 442 g/mol. The lowest BCUT2D eigenvalue weighted by molar-refractivity contribution is 0.174. The van der Waals surface area contributed by atoms with Crippen molar-refractivity contribution < 1.29 is 13.5 Å². The Kier molecular flexibility index (Phi) is 6.28. The molecule has 0 spiro atoms. The molecule has 2 saturated heterocycles. The van der Waals surface area contributed by atoms with Crippen LogP contribution in [0.3, 0.4) is 0 Å². The number of H-pyrrole nitrogens is 1. The first-order chi connectivity index (χ1) is 16.0. The lowest BCUT2D eigenvalue weighted by Gasteiger charge is -2.32. The van der Waals surface area contributed by atoms with Crippen molar-refractivity contribution in [3.63, 3.8) is 0 Å². The summed E-state index contributed by atoms with van der Waals surface area (Å²) >= 11 is -1.92. The van der Waals surface area contributed by atoms with Gasteiger partial charge < -0.3 is 25.2 Å².